The normalized spacial score (nSPS) is 22.7. The maximum absolute atomic E-state index is 13.7. The zero-order valence-electron chi connectivity index (χ0n) is 21.7. The number of alkyl halides is 2. The molecule has 4 unspecified atom stereocenters. The molecular formula is C26H42Cl2N2O4. The monoisotopic (exact) mass is 516 g/mol. The van der Waals surface area contributed by atoms with Gasteiger partial charge in [0.2, 0.25) is 11.8 Å². The molecule has 0 radical (unpaired) electrons. The first-order valence-electron chi connectivity index (χ1n) is 12.7. The predicted molar refractivity (Wildman–Crippen MR) is 137 cm³/mol. The largest absolute Gasteiger partial charge is 0.361 e. The highest BCUT2D eigenvalue weighted by Crippen LogP contribution is 2.37. The summed E-state index contributed by atoms with van der Waals surface area (Å²) in [6.07, 6.45) is 5.82. The molecule has 0 aromatic rings. The van der Waals surface area contributed by atoms with E-state index in [0.29, 0.717) is 13.2 Å². The Morgan fingerprint density at radius 1 is 0.882 bits per heavy atom. The van der Waals surface area contributed by atoms with E-state index in [4.69, 9.17) is 32.7 Å². The fourth-order valence-electron chi connectivity index (χ4n) is 5.08. The van der Waals surface area contributed by atoms with E-state index in [1.54, 1.807) is 9.80 Å². The number of amides is 2. The lowest BCUT2D eigenvalue weighted by molar-refractivity contribution is -0.139. The zero-order chi connectivity index (χ0) is 25.4. The minimum atomic E-state index is -1.23. The minimum absolute atomic E-state index is 0.0954. The lowest BCUT2D eigenvalue weighted by atomic mass is 9.86. The zero-order valence-corrected chi connectivity index (χ0v) is 23.2. The van der Waals surface area contributed by atoms with Crippen molar-refractivity contribution in [3.05, 3.63) is 22.5 Å². The molecule has 0 spiro atoms. The molecule has 4 atom stereocenters. The molecule has 0 aliphatic heterocycles. The molecule has 8 heteroatoms. The summed E-state index contributed by atoms with van der Waals surface area (Å²) in [5.74, 6) is -0.361. The van der Waals surface area contributed by atoms with E-state index in [1.807, 2.05) is 20.8 Å². The Hall–Kier alpha value is -1.08. The molecule has 0 aromatic carbocycles. The van der Waals surface area contributed by atoms with Crippen molar-refractivity contribution in [2.24, 2.45) is 11.8 Å². The van der Waals surface area contributed by atoms with E-state index >= 15 is 0 Å². The van der Waals surface area contributed by atoms with Crippen LogP contribution in [-0.4, -0.2) is 59.0 Å². The molecule has 194 valence electrons. The van der Waals surface area contributed by atoms with Crippen molar-refractivity contribution < 1.29 is 19.1 Å². The topological polar surface area (TPSA) is 59.1 Å². The average Bonchev–Trinajstić information content (AvgIpc) is 3.16. The number of ether oxygens (including phenoxy) is 2. The van der Waals surface area contributed by atoms with Gasteiger partial charge in [0.15, 0.2) is 0 Å². The molecule has 34 heavy (non-hydrogen) atoms. The van der Waals surface area contributed by atoms with Crippen molar-refractivity contribution in [3.8, 4) is 0 Å². The summed E-state index contributed by atoms with van der Waals surface area (Å²) in [4.78, 5) is 30.4. The van der Waals surface area contributed by atoms with Crippen LogP contribution in [0.2, 0.25) is 0 Å². The van der Waals surface area contributed by atoms with E-state index in [2.05, 4.69) is 20.8 Å². The quantitative estimate of drug-likeness (QED) is 0.234. The lowest BCUT2D eigenvalue weighted by Crippen LogP contribution is -2.49. The van der Waals surface area contributed by atoms with Crippen LogP contribution in [0.1, 0.15) is 80.1 Å². The highest BCUT2D eigenvalue weighted by atomic mass is 35.5. The van der Waals surface area contributed by atoms with Gasteiger partial charge < -0.3 is 9.47 Å². The van der Waals surface area contributed by atoms with Gasteiger partial charge in [-0.3, -0.25) is 19.4 Å². The third kappa shape index (κ3) is 6.77. The number of hydrogen-bond acceptors (Lipinski definition) is 4. The summed E-state index contributed by atoms with van der Waals surface area (Å²) in [6.45, 7) is 13.3. The number of rotatable bonds is 12. The Kier molecular flexibility index (Phi) is 11.9. The van der Waals surface area contributed by atoms with E-state index in [9.17, 15) is 9.59 Å². The number of carbonyl (C=O) groups excluding carboxylic acids is 2. The maximum atomic E-state index is 13.7. The van der Waals surface area contributed by atoms with Crippen molar-refractivity contribution in [2.75, 3.05) is 26.7 Å². The van der Waals surface area contributed by atoms with Crippen molar-refractivity contribution in [3.63, 3.8) is 0 Å². The third-order valence-corrected chi connectivity index (χ3v) is 7.93. The molecule has 2 aliphatic carbocycles. The van der Waals surface area contributed by atoms with E-state index < -0.39 is 16.7 Å². The van der Waals surface area contributed by atoms with Gasteiger partial charge in [0.25, 0.3) is 0 Å². The van der Waals surface area contributed by atoms with Crippen LogP contribution >= 0.6 is 23.2 Å². The fraction of sp³-hybridized carbons (Fsp3) is 0.769. The van der Waals surface area contributed by atoms with Crippen LogP contribution in [0.3, 0.4) is 0 Å². The van der Waals surface area contributed by atoms with Gasteiger partial charge in [0.05, 0.1) is 0 Å². The second-order valence-corrected chi connectivity index (χ2v) is 10.3. The molecule has 0 aromatic heterocycles. The summed E-state index contributed by atoms with van der Waals surface area (Å²) in [6, 6.07) is 0. The van der Waals surface area contributed by atoms with Crippen molar-refractivity contribution in [1.29, 1.82) is 0 Å². The molecule has 2 aliphatic rings. The van der Waals surface area contributed by atoms with E-state index in [0.717, 1.165) is 55.5 Å². The highest BCUT2D eigenvalue weighted by molar-refractivity contribution is 6.43. The summed E-state index contributed by atoms with van der Waals surface area (Å²) in [5, 5.41) is -2.45. The van der Waals surface area contributed by atoms with Crippen molar-refractivity contribution in [2.45, 2.75) is 90.8 Å². The first-order chi connectivity index (χ1) is 16.2. The van der Waals surface area contributed by atoms with Crippen LogP contribution in [0.15, 0.2) is 22.5 Å². The van der Waals surface area contributed by atoms with Gasteiger partial charge in [-0.15, -0.1) is 23.2 Å². The fourth-order valence-corrected chi connectivity index (χ4v) is 5.53. The summed E-state index contributed by atoms with van der Waals surface area (Å²) >= 11 is 13.3. The van der Waals surface area contributed by atoms with Gasteiger partial charge in [-0.05, 0) is 71.1 Å². The molecule has 2 rings (SSSR count). The molecule has 0 saturated carbocycles. The minimum Gasteiger partial charge on any atom is -0.361 e. The van der Waals surface area contributed by atoms with Gasteiger partial charge in [0, 0.05) is 24.6 Å². The van der Waals surface area contributed by atoms with Gasteiger partial charge in [-0.25, -0.2) is 0 Å². The molecule has 0 saturated heterocycles. The van der Waals surface area contributed by atoms with Gasteiger partial charge in [0.1, 0.15) is 24.2 Å². The summed E-state index contributed by atoms with van der Waals surface area (Å²) in [7, 11) is 0. The molecule has 0 fully saturated rings. The number of nitrogens with zero attached hydrogens (tertiary/aromatic N) is 2. The van der Waals surface area contributed by atoms with Crippen LogP contribution in [0.25, 0.3) is 0 Å². The third-order valence-electron chi connectivity index (χ3n) is 6.92. The standard InChI is InChI=1S/C26H42Cl2N2O4/c1-7-20-12-10-11-17(4)24(20)30(16-34-9-3)26(32)22(28)21(27)25(31)29(15-33-8-2)23-18(5)13-14-19(23)6/h17-18,21-22H,7-16H2,1-6H3. The van der Waals surface area contributed by atoms with Crippen LogP contribution in [-0.2, 0) is 19.1 Å². The number of halogens is 2. The first kappa shape index (κ1) is 29.2. The molecule has 0 bridgehead atoms. The van der Waals surface area contributed by atoms with Gasteiger partial charge >= 0.3 is 0 Å². The molecule has 0 heterocycles. The van der Waals surface area contributed by atoms with E-state index in [-0.39, 0.29) is 31.2 Å². The van der Waals surface area contributed by atoms with Gasteiger partial charge in [-0.1, -0.05) is 31.9 Å². The Morgan fingerprint density at radius 2 is 1.38 bits per heavy atom. The van der Waals surface area contributed by atoms with E-state index in [1.165, 1.54) is 5.57 Å². The van der Waals surface area contributed by atoms with Crippen LogP contribution in [0.4, 0.5) is 0 Å². The number of allylic oxidation sites excluding steroid dienone is 4. The number of carbonyl (C=O) groups is 2. The Morgan fingerprint density at radius 3 is 1.82 bits per heavy atom. The number of hydrogen-bond donors (Lipinski definition) is 0. The molecular weight excluding hydrogens is 475 g/mol. The van der Waals surface area contributed by atoms with Crippen molar-refractivity contribution in [1.82, 2.24) is 9.80 Å². The van der Waals surface area contributed by atoms with Gasteiger partial charge in [-0.2, -0.15) is 0 Å². The highest BCUT2D eigenvalue weighted by Gasteiger charge is 2.40. The Balaban J connectivity index is 2.33. The summed E-state index contributed by atoms with van der Waals surface area (Å²) in [5.41, 5.74) is 4.30. The second-order valence-electron chi connectivity index (χ2n) is 9.32. The van der Waals surface area contributed by atoms with Crippen LogP contribution < -0.4 is 0 Å². The summed E-state index contributed by atoms with van der Waals surface area (Å²) < 4.78 is 11.3. The SMILES string of the molecule is CCOCN(C(=O)C(Cl)C(Cl)C(=O)N(COCC)C1=C(CC)CCCC1C)C1=C(C)CCC1C. The predicted octanol–water partition coefficient (Wildman–Crippen LogP) is 6.03. The molecule has 0 N–H and O–H groups in total. The molecule has 6 nitrogen and oxygen atoms in total. The van der Waals surface area contributed by atoms with Crippen LogP contribution in [0, 0.1) is 11.8 Å². The Labute approximate surface area is 215 Å². The maximum Gasteiger partial charge on any atom is 0.248 e. The smallest absolute Gasteiger partial charge is 0.248 e. The average molecular weight is 518 g/mol. The Bertz CT molecular complexity index is 783. The second kappa shape index (κ2) is 13.9. The van der Waals surface area contributed by atoms with Crippen LogP contribution in [0.5, 0.6) is 0 Å². The lowest BCUT2D eigenvalue weighted by Gasteiger charge is -2.36. The van der Waals surface area contributed by atoms with Crippen molar-refractivity contribution >= 4 is 35.0 Å². The molecule has 2 amide bonds. The first-order valence-corrected chi connectivity index (χ1v) is 13.5.